The van der Waals surface area contributed by atoms with Gasteiger partial charge >= 0.3 is 11.9 Å². The van der Waals surface area contributed by atoms with Crippen LogP contribution in [-0.2, 0) is 14.3 Å². The van der Waals surface area contributed by atoms with Gasteiger partial charge in [0.05, 0.1) is 12.3 Å². The summed E-state index contributed by atoms with van der Waals surface area (Å²) in [6.45, 7) is 9.01. The van der Waals surface area contributed by atoms with E-state index in [0.717, 1.165) is 31.1 Å². The molecule has 1 heterocycles. The van der Waals surface area contributed by atoms with E-state index in [-0.39, 0.29) is 23.3 Å². The maximum atomic E-state index is 12.1. The average molecular weight is 294 g/mol. The molecule has 0 amide bonds. The van der Waals surface area contributed by atoms with Crippen LogP contribution in [0.1, 0.15) is 72.6 Å². The fraction of sp³-hybridized carbons (Fsp3) is 0.889. The molecule has 2 rings (SSSR count). The molecule has 0 spiro atoms. The Balaban J connectivity index is 2.14. The zero-order valence-corrected chi connectivity index (χ0v) is 14.0. The lowest BCUT2D eigenvalue weighted by molar-refractivity contribution is -0.154. The first-order chi connectivity index (χ1) is 9.90. The summed E-state index contributed by atoms with van der Waals surface area (Å²) in [5.74, 6) is 1.42. The molecule has 1 aliphatic carbocycles. The van der Waals surface area contributed by atoms with Crippen LogP contribution >= 0.6 is 0 Å². The van der Waals surface area contributed by atoms with Gasteiger partial charge in [0, 0.05) is 0 Å². The third-order valence-electron chi connectivity index (χ3n) is 5.99. The van der Waals surface area contributed by atoms with Crippen LogP contribution in [0.4, 0.5) is 0 Å². The van der Waals surface area contributed by atoms with Crippen molar-refractivity contribution in [1.29, 1.82) is 0 Å². The molecule has 3 unspecified atom stereocenters. The lowest BCUT2D eigenvalue weighted by atomic mass is 9.62. The number of ether oxygens (including phenoxy) is 1. The monoisotopic (exact) mass is 294 g/mol. The second kappa shape index (κ2) is 6.50. The summed E-state index contributed by atoms with van der Waals surface area (Å²) in [5, 5.41) is 0. The molecule has 1 saturated carbocycles. The molecule has 3 heteroatoms. The Morgan fingerprint density at radius 3 is 2.05 bits per heavy atom. The van der Waals surface area contributed by atoms with Crippen molar-refractivity contribution in [3.63, 3.8) is 0 Å². The summed E-state index contributed by atoms with van der Waals surface area (Å²) < 4.78 is 4.84. The minimum Gasteiger partial charge on any atom is -0.393 e. The number of hydrogen-bond donors (Lipinski definition) is 0. The average Bonchev–Trinajstić information content (AvgIpc) is 2.74. The number of hydrogen-bond acceptors (Lipinski definition) is 3. The minimum absolute atomic E-state index is 0.0509. The predicted molar refractivity (Wildman–Crippen MR) is 82.5 cm³/mol. The van der Waals surface area contributed by atoms with Gasteiger partial charge in [-0.15, -0.1) is 0 Å². The summed E-state index contributed by atoms with van der Waals surface area (Å²) >= 11 is 0. The predicted octanol–water partition coefficient (Wildman–Crippen LogP) is 4.34. The molecule has 120 valence electrons. The molecule has 3 atom stereocenters. The highest BCUT2D eigenvalue weighted by atomic mass is 16.6. The van der Waals surface area contributed by atoms with E-state index in [9.17, 15) is 9.59 Å². The Kier molecular flexibility index (Phi) is 5.11. The fourth-order valence-electron chi connectivity index (χ4n) is 4.97. The van der Waals surface area contributed by atoms with Crippen molar-refractivity contribution in [3.8, 4) is 0 Å². The third-order valence-corrected chi connectivity index (χ3v) is 5.99. The molecule has 2 fully saturated rings. The van der Waals surface area contributed by atoms with Gasteiger partial charge in [0.25, 0.3) is 0 Å². The topological polar surface area (TPSA) is 43.4 Å². The highest BCUT2D eigenvalue weighted by molar-refractivity contribution is 5.95. The maximum Gasteiger partial charge on any atom is 0.317 e. The van der Waals surface area contributed by atoms with Gasteiger partial charge in [-0.05, 0) is 61.7 Å². The van der Waals surface area contributed by atoms with Gasteiger partial charge in [-0.25, -0.2) is 0 Å². The molecule has 0 N–H and O–H groups in total. The summed E-state index contributed by atoms with van der Waals surface area (Å²) in [6, 6.07) is 0. The van der Waals surface area contributed by atoms with Crippen LogP contribution in [0.5, 0.6) is 0 Å². The molecule has 3 nitrogen and oxygen atoms in total. The molecule has 0 radical (unpaired) electrons. The van der Waals surface area contributed by atoms with E-state index in [2.05, 4.69) is 27.7 Å². The van der Waals surface area contributed by atoms with Gasteiger partial charge < -0.3 is 4.74 Å². The zero-order chi connectivity index (χ0) is 15.6. The van der Waals surface area contributed by atoms with Crippen molar-refractivity contribution in [2.45, 2.75) is 72.6 Å². The van der Waals surface area contributed by atoms with Gasteiger partial charge in [0.2, 0.25) is 0 Å². The van der Waals surface area contributed by atoms with E-state index < -0.39 is 0 Å². The summed E-state index contributed by atoms with van der Waals surface area (Å²) in [7, 11) is 0. The van der Waals surface area contributed by atoms with Gasteiger partial charge in [-0.1, -0.05) is 27.7 Å². The molecular formula is C18H30O3. The molecular weight excluding hydrogens is 264 g/mol. The van der Waals surface area contributed by atoms with Crippen molar-refractivity contribution in [3.05, 3.63) is 0 Å². The van der Waals surface area contributed by atoms with Crippen LogP contribution in [0.2, 0.25) is 0 Å². The third kappa shape index (κ3) is 3.49. The first-order valence-electron chi connectivity index (χ1n) is 8.64. The summed E-state index contributed by atoms with van der Waals surface area (Å²) in [4.78, 5) is 23.6. The summed E-state index contributed by atoms with van der Waals surface area (Å²) in [6.07, 6.45) is 7.13. The van der Waals surface area contributed by atoms with E-state index in [0.29, 0.717) is 12.3 Å². The number of cyclic esters (lactones) is 2. The van der Waals surface area contributed by atoms with Crippen LogP contribution in [0.15, 0.2) is 0 Å². The van der Waals surface area contributed by atoms with Gasteiger partial charge in [0.1, 0.15) is 0 Å². The van der Waals surface area contributed by atoms with Crippen LogP contribution in [0.25, 0.3) is 0 Å². The smallest absolute Gasteiger partial charge is 0.317 e. The maximum absolute atomic E-state index is 12.1. The Labute approximate surface area is 128 Å². The van der Waals surface area contributed by atoms with Crippen molar-refractivity contribution < 1.29 is 14.3 Å². The molecule has 1 saturated heterocycles. The molecule has 0 aromatic heterocycles. The standard InChI is InChI=1S/C18H30O3/c1-5-18(6-2,15-10-16(19)21-17(15)20)11-14-8-12(3)7-13(4)9-14/h12-15H,5-11H2,1-4H3. The van der Waals surface area contributed by atoms with E-state index in [1.165, 1.54) is 19.3 Å². The molecule has 21 heavy (non-hydrogen) atoms. The van der Waals surface area contributed by atoms with Gasteiger partial charge in [-0.2, -0.15) is 0 Å². The molecule has 0 aromatic rings. The molecule has 0 bridgehead atoms. The lowest BCUT2D eigenvalue weighted by Crippen LogP contribution is -2.36. The van der Waals surface area contributed by atoms with Gasteiger partial charge in [0.15, 0.2) is 0 Å². The first-order valence-corrected chi connectivity index (χ1v) is 8.64. The molecule has 1 aliphatic heterocycles. The van der Waals surface area contributed by atoms with Crippen LogP contribution in [0.3, 0.4) is 0 Å². The van der Waals surface area contributed by atoms with Crippen LogP contribution < -0.4 is 0 Å². The zero-order valence-electron chi connectivity index (χ0n) is 14.0. The van der Waals surface area contributed by atoms with Crippen LogP contribution in [0, 0.1) is 29.1 Å². The second-order valence-electron chi connectivity index (χ2n) is 7.61. The highest BCUT2D eigenvalue weighted by Gasteiger charge is 2.48. The Morgan fingerprint density at radius 2 is 1.62 bits per heavy atom. The van der Waals surface area contributed by atoms with Crippen LogP contribution in [-0.4, -0.2) is 11.9 Å². The van der Waals surface area contributed by atoms with E-state index in [4.69, 9.17) is 4.74 Å². The quantitative estimate of drug-likeness (QED) is 0.559. The first kappa shape index (κ1) is 16.5. The number of esters is 2. The summed E-state index contributed by atoms with van der Waals surface area (Å²) in [5.41, 5.74) is -0.0509. The second-order valence-corrected chi connectivity index (χ2v) is 7.61. The van der Waals surface area contributed by atoms with Gasteiger partial charge in [-0.3, -0.25) is 9.59 Å². The van der Waals surface area contributed by atoms with Crippen molar-refractivity contribution >= 4 is 11.9 Å². The Bertz CT molecular complexity index is 387. The van der Waals surface area contributed by atoms with Crippen molar-refractivity contribution in [2.24, 2.45) is 29.1 Å². The number of carbonyl (C=O) groups excluding carboxylic acids is 2. The van der Waals surface area contributed by atoms with Crippen molar-refractivity contribution in [2.75, 3.05) is 0 Å². The normalized spacial score (nSPS) is 34.1. The van der Waals surface area contributed by atoms with E-state index >= 15 is 0 Å². The Hall–Kier alpha value is -0.860. The van der Waals surface area contributed by atoms with E-state index in [1.807, 2.05) is 0 Å². The fourth-order valence-corrected chi connectivity index (χ4v) is 4.97. The minimum atomic E-state index is -0.332. The SMILES string of the molecule is CCC(CC)(CC1CC(C)CC(C)C1)C1CC(=O)OC1=O. The molecule has 2 aliphatic rings. The lowest BCUT2D eigenvalue weighted by Gasteiger charge is -2.41. The molecule has 0 aromatic carbocycles. The van der Waals surface area contributed by atoms with E-state index in [1.54, 1.807) is 0 Å². The highest BCUT2D eigenvalue weighted by Crippen LogP contribution is 2.49. The number of carbonyl (C=O) groups is 2. The number of rotatable bonds is 5. The Morgan fingerprint density at radius 1 is 1.05 bits per heavy atom. The largest absolute Gasteiger partial charge is 0.393 e. The van der Waals surface area contributed by atoms with Crippen molar-refractivity contribution in [1.82, 2.24) is 0 Å².